The highest BCUT2D eigenvalue weighted by Gasteiger charge is 1.83. The third-order valence-electron chi connectivity index (χ3n) is 1.50. The lowest BCUT2D eigenvalue weighted by atomic mass is 10.1. The molecule has 0 fully saturated rings. The van der Waals surface area contributed by atoms with E-state index in [0.29, 0.717) is 6.61 Å². The van der Waals surface area contributed by atoms with Gasteiger partial charge in [-0.05, 0) is 6.07 Å². The van der Waals surface area contributed by atoms with Crippen molar-refractivity contribution in [3.8, 4) is 24.2 Å². The summed E-state index contributed by atoms with van der Waals surface area (Å²) in [6.07, 6.45) is 7.76. The lowest BCUT2D eigenvalue weighted by molar-refractivity contribution is 0.125. The number of rotatable bonds is 1. The molecule has 0 unspecified atom stereocenters. The van der Waals surface area contributed by atoms with Gasteiger partial charge >= 0.3 is 0 Å². The van der Waals surface area contributed by atoms with Crippen molar-refractivity contribution in [1.29, 1.82) is 0 Å². The summed E-state index contributed by atoms with van der Waals surface area (Å²) in [7, 11) is 0. The molecule has 68 valence electrons. The number of carbonyl (C=O) groups excluding carboxylic acids is 1. The largest absolute Gasteiger partial charge is 0.343 e. The van der Waals surface area contributed by atoms with Crippen LogP contribution in [0.4, 0.5) is 0 Å². The van der Waals surface area contributed by atoms with Crippen LogP contribution in [0.5, 0.6) is 0 Å². The van der Waals surface area contributed by atoms with Crippen LogP contribution in [0.2, 0.25) is 0 Å². The van der Waals surface area contributed by atoms with Crippen molar-refractivity contribution in [3.63, 3.8) is 0 Å². The first-order valence-electron chi connectivity index (χ1n) is 4.31. The zero-order chi connectivity index (χ0) is 10.2. The summed E-state index contributed by atoms with van der Waals surface area (Å²) in [5, 5.41) is 0. The summed E-state index contributed by atoms with van der Waals surface area (Å²) in [4.78, 5) is 0. The Balaban J connectivity index is 2.81. The standard InChI is InChI=1S/C13H10O/c1-3-12-7-5-8-13(11-12)9-6-10-14-4-2/h1,5,7-8,11H,4H2,2H3. The first-order chi connectivity index (χ1) is 6.86. The van der Waals surface area contributed by atoms with Gasteiger partial charge in [0.2, 0.25) is 6.61 Å². The van der Waals surface area contributed by atoms with Gasteiger partial charge in [-0.15, -0.1) is 6.42 Å². The van der Waals surface area contributed by atoms with Crippen molar-refractivity contribution in [2.75, 3.05) is 6.61 Å². The fourth-order valence-corrected chi connectivity index (χ4v) is 0.893. The minimum atomic E-state index is 0.582. The minimum absolute atomic E-state index is 0.582. The van der Waals surface area contributed by atoms with Crippen LogP contribution in [0.25, 0.3) is 0 Å². The van der Waals surface area contributed by atoms with Gasteiger partial charge in [0, 0.05) is 12.5 Å². The Hall–Kier alpha value is -1.99. The number of benzene rings is 1. The second-order valence-electron chi connectivity index (χ2n) is 2.51. The normalized spacial score (nSPS) is 9.14. The van der Waals surface area contributed by atoms with Crippen LogP contribution < -0.4 is 0 Å². The second kappa shape index (κ2) is 5.62. The van der Waals surface area contributed by atoms with Crippen LogP contribution in [0.15, 0.2) is 24.3 Å². The lowest BCUT2D eigenvalue weighted by Crippen LogP contribution is -1.79. The Kier molecular flexibility index (Phi) is 4.05. The summed E-state index contributed by atoms with van der Waals surface area (Å²) in [6.45, 7) is 2.46. The fraction of sp³-hybridized carbons (Fsp3) is 0.154. The Morgan fingerprint density at radius 2 is 2.21 bits per heavy atom. The van der Waals surface area contributed by atoms with Crippen molar-refractivity contribution in [3.05, 3.63) is 35.4 Å². The molecule has 0 spiro atoms. The molecule has 14 heavy (non-hydrogen) atoms. The van der Waals surface area contributed by atoms with Gasteiger partial charge in [0.25, 0.3) is 6.29 Å². The fourth-order valence-electron chi connectivity index (χ4n) is 0.893. The Morgan fingerprint density at radius 3 is 2.93 bits per heavy atom. The van der Waals surface area contributed by atoms with Gasteiger partial charge in [-0.3, -0.25) is 5.92 Å². The highest BCUT2D eigenvalue weighted by Crippen LogP contribution is 2.01. The molecule has 0 heterocycles. The monoisotopic (exact) mass is 182 g/mol. The number of terminal acetylenes is 1. The molecule has 0 atom stereocenters. The van der Waals surface area contributed by atoms with E-state index < -0.39 is 0 Å². The minimum Gasteiger partial charge on any atom is -0.343 e. The molecule has 0 saturated carbocycles. The van der Waals surface area contributed by atoms with Gasteiger partial charge in [0.05, 0.1) is 0 Å². The second-order valence-corrected chi connectivity index (χ2v) is 2.51. The van der Waals surface area contributed by atoms with E-state index >= 15 is 0 Å². The van der Waals surface area contributed by atoms with Gasteiger partial charge in [-0.1, -0.05) is 29.7 Å². The van der Waals surface area contributed by atoms with Crippen molar-refractivity contribution < 1.29 is 4.42 Å². The molecule has 0 radical (unpaired) electrons. The highest BCUT2D eigenvalue weighted by molar-refractivity contribution is 5.75. The molecule has 0 bridgehead atoms. The van der Waals surface area contributed by atoms with Gasteiger partial charge in [0.1, 0.15) is 0 Å². The quantitative estimate of drug-likeness (QED) is 0.356. The SMILES string of the molecule is C#Cc1cccc(C#C[C-]=[O+]CC)c1. The molecule has 0 aliphatic heterocycles. The molecule has 1 rings (SSSR count). The van der Waals surface area contributed by atoms with Crippen LogP contribution >= 0.6 is 0 Å². The van der Waals surface area contributed by atoms with E-state index in [1.54, 1.807) is 0 Å². The predicted octanol–water partition coefficient (Wildman–Crippen LogP) is 1.68. The zero-order valence-electron chi connectivity index (χ0n) is 8.00. The van der Waals surface area contributed by atoms with Crippen molar-refractivity contribution in [2.24, 2.45) is 0 Å². The first-order valence-corrected chi connectivity index (χ1v) is 4.31. The first kappa shape index (κ1) is 10.1. The van der Waals surface area contributed by atoms with Crippen LogP contribution in [-0.4, -0.2) is 12.9 Å². The van der Waals surface area contributed by atoms with Gasteiger partial charge < -0.3 is 4.42 Å². The van der Waals surface area contributed by atoms with Gasteiger partial charge in [-0.2, -0.15) is 5.92 Å². The molecule has 0 aliphatic rings. The topological polar surface area (TPSA) is 11.3 Å². The summed E-state index contributed by atoms with van der Waals surface area (Å²) < 4.78 is 4.85. The Bertz CT molecular complexity index is 425. The highest BCUT2D eigenvalue weighted by atomic mass is 16.4. The van der Waals surface area contributed by atoms with E-state index in [0.717, 1.165) is 11.1 Å². The van der Waals surface area contributed by atoms with Gasteiger partial charge in [0.15, 0.2) is 0 Å². The third kappa shape index (κ3) is 3.17. The van der Waals surface area contributed by atoms with Crippen LogP contribution in [0.3, 0.4) is 0 Å². The molecular formula is C13H10O. The maximum absolute atomic E-state index is 5.26. The Morgan fingerprint density at radius 1 is 1.43 bits per heavy atom. The molecule has 0 saturated heterocycles. The summed E-state index contributed by atoms with van der Waals surface area (Å²) >= 11 is 0. The molecule has 1 nitrogen and oxygen atoms in total. The summed E-state index contributed by atoms with van der Waals surface area (Å²) in [6, 6.07) is 7.48. The van der Waals surface area contributed by atoms with E-state index in [1.807, 2.05) is 31.2 Å². The molecule has 0 amide bonds. The van der Waals surface area contributed by atoms with Crippen molar-refractivity contribution >= 4 is 6.29 Å². The van der Waals surface area contributed by atoms with Crippen LogP contribution in [-0.2, 0) is 4.42 Å². The van der Waals surface area contributed by atoms with Crippen molar-refractivity contribution in [1.82, 2.24) is 0 Å². The third-order valence-corrected chi connectivity index (χ3v) is 1.50. The summed E-state index contributed by atoms with van der Waals surface area (Å²) in [5.41, 5.74) is 1.70. The maximum Gasteiger partial charge on any atom is 0.273 e. The molecule has 1 aromatic rings. The average Bonchev–Trinajstić information content (AvgIpc) is 2.25. The van der Waals surface area contributed by atoms with Gasteiger partial charge in [-0.25, -0.2) is 0 Å². The van der Waals surface area contributed by atoms with Crippen molar-refractivity contribution in [2.45, 2.75) is 6.92 Å². The zero-order valence-corrected chi connectivity index (χ0v) is 8.00. The van der Waals surface area contributed by atoms with E-state index in [9.17, 15) is 0 Å². The molecule has 0 aliphatic carbocycles. The van der Waals surface area contributed by atoms with Crippen LogP contribution in [0.1, 0.15) is 18.1 Å². The maximum atomic E-state index is 5.26. The van der Waals surface area contributed by atoms with E-state index in [-0.39, 0.29) is 0 Å². The molecule has 0 aromatic heterocycles. The van der Waals surface area contributed by atoms with E-state index in [2.05, 4.69) is 24.0 Å². The number of hydrogen-bond donors (Lipinski definition) is 0. The average molecular weight is 182 g/mol. The smallest absolute Gasteiger partial charge is 0.273 e. The predicted molar refractivity (Wildman–Crippen MR) is 57.5 cm³/mol. The van der Waals surface area contributed by atoms with E-state index in [4.69, 9.17) is 10.8 Å². The number of hydrogen-bond acceptors (Lipinski definition) is 0. The molecule has 1 aromatic carbocycles. The molecule has 1 heteroatoms. The van der Waals surface area contributed by atoms with E-state index in [1.165, 1.54) is 0 Å². The van der Waals surface area contributed by atoms with Crippen LogP contribution in [0, 0.1) is 24.2 Å². The molecule has 0 N–H and O–H groups in total. The Labute approximate surface area is 84.5 Å². The molecular weight excluding hydrogens is 172 g/mol. The summed E-state index contributed by atoms with van der Waals surface area (Å²) in [5.74, 6) is 8.09. The lowest BCUT2D eigenvalue weighted by Gasteiger charge is -1.95.